The minimum Gasteiger partial charge on any atom is -0.300 e. The van der Waals surface area contributed by atoms with E-state index in [1.807, 2.05) is 32.4 Å². The predicted molar refractivity (Wildman–Crippen MR) is 83.2 cm³/mol. The lowest BCUT2D eigenvalue weighted by atomic mass is 10.4. The van der Waals surface area contributed by atoms with E-state index in [1.165, 1.54) is 0 Å². The van der Waals surface area contributed by atoms with Crippen molar-refractivity contribution >= 4 is 22.4 Å². The molecule has 0 fully saturated rings. The first kappa shape index (κ1) is 18.6. The van der Waals surface area contributed by atoms with Crippen molar-refractivity contribution in [2.24, 2.45) is 0 Å². The van der Waals surface area contributed by atoms with Gasteiger partial charge in [-0.15, -0.1) is 0 Å². The van der Waals surface area contributed by atoms with E-state index >= 15 is 0 Å². The number of hydrogen-bond donors (Lipinski definition) is 0. The van der Waals surface area contributed by atoms with Crippen LogP contribution in [0.5, 0.6) is 0 Å². The molecule has 0 radical (unpaired) electrons. The summed E-state index contributed by atoms with van der Waals surface area (Å²) >= 11 is 6.17. The topological polar surface area (TPSA) is 38.1 Å². The molecule has 1 unspecified atom stereocenters. The fourth-order valence-electron chi connectivity index (χ4n) is 1.80. The molecule has 0 aromatic carbocycles. The second-order valence-corrected chi connectivity index (χ2v) is 5.51. The van der Waals surface area contributed by atoms with Gasteiger partial charge < -0.3 is 4.90 Å². The third-order valence-electron chi connectivity index (χ3n) is 2.57. The zero-order valence-electron chi connectivity index (χ0n) is 12.9. The summed E-state index contributed by atoms with van der Waals surface area (Å²) in [6, 6.07) is 0. The van der Waals surface area contributed by atoms with E-state index in [2.05, 4.69) is 17.0 Å². The van der Waals surface area contributed by atoms with Crippen molar-refractivity contribution in [1.82, 2.24) is 14.7 Å². The molecule has 112 valence electrons. The van der Waals surface area contributed by atoms with E-state index in [9.17, 15) is 4.21 Å². The molecule has 0 amide bonds. The van der Waals surface area contributed by atoms with Crippen molar-refractivity contribution in [3.63, 3.8) is 0 Å². The van der Waals surface area contributed by atoms with Crippen LogP contribution < -0.4 is 0 Å². The summed E-state index contributed by atoms with van der Waals surface area (Å²) in [7, 11) is 0.952. The van der Waals surface area contributed by atoms with E-state index in [0.717, 1.165) is 31.7 Å². The first-order valence-electron chi connectivity index (χ1n) is 6.86. The predicted octanol–water partition coefficient (Wildman–Crippen LogP) is 3.16. The molecule has 0 bridgehead atoms. The molecule has 0 saturated carbocycles. The van der Waals surface area contributed by atoms with Gasteiger partial charge >= 0.3 is 0 Å². The van der Waals surface area contributed by atoms with Crippen molar-refractivity contribution in [2.75, 3.05) is 19.8 Å². The van der Waals surface area contributed by atoms with Crippen LogP contribution in [0.1, 0.15) is 39.8 Å². The number of hydrogen-bond acceptors (Lipinski definition) is 3. The molecule has 1 atom stereocenters. The minimum absolute atomic E-state index is 0.516. The Labute approximate surface area is 124 Å². The Kier molecular flexibility index (Phi) is 9.31. The summed E-state index contributed by atoms with van der Waals surface area (Å²) in [6.07, 6.45) is 2.66. The molecule has 2 heterocycles. The van der Waals surface area contributed by atoms with E-state index < -0.39 is 10.8 Å². The maximum atomic E-state index is 11.4. The Bertz CT molecular complexity index is 407. The molecule has 0 saturated heterocycles. The van der Waals surface area contributed by atoms with E-state index in [-0.39, 0.29) is 0 Å². The summed E-state index contributed by atoms with van der Waals surface area (Å²) < 4.78 is 13.3. The van der Waals surface area contributed by atoms with Crippen molar-refractivity contribution in [2.45, 2.75) is 52.2 Å². The standard InChI is InChI=1S/C9H14ClN3OS.2C2H6/c1-12-4-3-5-13-7(6-12)8(10)9(11-13)15(2)14;2*1-2/h3-6H2,1-2H3;2*1-2H3. The lowest BCUT2D eigenvalue weighted by Crippen LogP contribution is -2.17. The van der Waals surface area contributed by atoms with Gasteiger partial charge in [0.15, 0.2) is 5.03 Å². The third kappa shape index (κ3) is 4.89. The first-order valence-corrected chi connectivity index (χ1v) is 8.80. The molecule has 1 aromatic heterocycles. The monoisotopic (exact) mass is 307 g/mol. The summed E-state index contributed by atoms with van der Waals surface area (Å²) in [6.45, 7) is 10.7. The Morgan fingerprint density at radius 2 is 1.79 bits per heavy atom. The highest BCUT2D eigenvalue weighted by Crippen LogP contribution is 2.26. The Hall–Kier alpha value is -0.390. The average Bonchev–Trinajstić information content (AvgIpc) is 2.62. The van der Waals surface area contributed by atoms with Crippen molar-refractivity contribution in [1.29, 1.82) is 0 Å². The lowest BCUT2D eigenvalue weighted by Gasteiger charge is -2.11. The number of aromatic nitrogens is 2. The number of halogens is 1. The normalized spacial score (nSPS) is 16.2. The van der Waals surface area contributed by atoms with E-state index in [1.54, 1.807) is 6.26 Å². The van der Waals surface area contributed by atoms with Gasteiger partial charge in [0.25, 0.3) is 0 Å². The maximum absolute atomic E-state index is 11.4. The van der Waals surface area contributed by atoms with Crippen LogP contribution in [0.15, 0.2) is 5.03 Å². The quantitative estimate of drug-likeness (QED) is 0.800. The minimum atomic E-state index is -1.10. The number of rotatable bonds is 1. The van der Waals surface area contributed by atoms with Crippen LogP contribution in [-0.2, 0) is 23.9 Å². The number of nitrogens with zero attached hydrogens (tertiary/aromatic N) is 3. The van der Waals surface area contributed by atoms with Crippen LogP contribution in [0.4, 0.5) is 0 Å². The Morgan fingerprint density at radius 3 is 2.32 bits per heavy atom. The molecular weight excluding hydrogens is 282 g/mol. The van der Waals surface area contributed by atoms with Crippen LogP contribution in [0.3, 0.4) is 0 Å². The average molecular weight is 308 g/mol. The summed E-state index contributed by atoms with van der Waals surface area (Å²) in [5.74, 6) is 0. The van der Waals surface area contributed by atoms with Gasteiger partial charge in [-0.1, -0.05) is 39.3 Å². The summed E-state index contributed by atoms with van der Waals surface area (Å²) in [5.41, 5.74) is 0.988. The molecule has 0 spiro atoms. The van der Waals surface area contributed by atoms with Crippen LogP contribution >= 0.6 is 11.6 Å². The second kappa shape index (κ2) is 9.50. The molecule has 4 nitrogen and oxygen atoms in total. The van der Waals surface area contributed by atoms with Crippen molar-refractivity contribution in [3.8, 4) is 0 Å². The van der Waals surface area contributed by atoms with Crippen LogP contribution in [0.2, 0.25) is 5.02 Å². The first-order chi connectivity index (χ1) is 9.09. The van der Waals surface area contributed by atoms with Gasteiger partial charge in [0.2, 0.25) is 0 Å². The molecule has 0 aliphatic carbocycles. The Morgan fingerprint density at radius 1 is 1.21 bits per heavy atom. The molecule has 6 heteroatoms. The zero-order valence-corrected chi connectivity index (χ0v) is 14.4. The van der Waals surface area contributed by atoms with Gasteiger partial charge in [0, 0.05) is 25.9 Å². The van der Waals surface area contributed by atoms with Crippen LogP contribution in [0, 0.1) is 0 Å². The SMILES string of the molecule is CC.CC.CN1CCCn2nc(S(C)=O)c(Cl)c2C1. The smallest absolute Gasteiger partial charge is 0.167 e. The fraction of sp³-hybridized carbons (Fsp3) is 0.769. The highest BCUT2D eigenvalue weighted by Gasteiger charge is 2.21. The molecule has 19 heavy (non-hydrogen) atoms. The van der Waals surface area contributed by atoms with Gasteiger partial charge in [-0.2, -0.15) is 5.10 Å². The summed E-state index contributed by atoms with van der Waals surface area (Å²) in [4.78, 5) is 2.20. The molecule has 1 aliphatic heterocycles. The lowest BCUT2D eigenvalue weighted by molar-refractivity contribution is 0.332. The molecule has 1 aromatic rings. The maximum Gasteiger partial charge on any atom is 0.167 e. The number of fused-ring (bicyclic) bond motifs is 1. The molecule has 0 N–H and O–H groups in total. The molecular formula is C13H26ClN3OS. The van der Waals surface area contributed by atoms with Crippen molar-refractivity contribution < 1.29 is 4.21 Å². The summed E-state index contributed by atoms with van der Waals surface area (Å²) in [5, 5.41) is 5.39. The highest BCUT2D eigenvalue weighted by molar-refractivity contribution is 7.84. The van der Waals surface area contributed by atoms with Crippen LogP contribution in [-0.4, -0.2) is 38.7 Å². The van der Waals surface area contributed by atoms with Gasteiger partial charge in [-0.3, -0.25) is 8.89 Å². The fourth-order valence-corrected chi connectivity index (χ4v) is 2.90. The Balaban J connectivity index is 0.000000741. The van der Waals surface area contributed by atoms with Crippen molar-refractivity contribution in [3.05, 3.63) is 10.7 Å². The third-order valence-corrected chi connectivity index (χ3v) is 3.91. The number of aryl methyl sites for hydroxylation is 1. The van der Waals surface area contributed by atoms with Gasteiger partial charge in [0.1, 0.15) is 0 Å². The largest absolute Gasteiger partial charge is 0.300 e. The molecule has 2 rings (SSSR count). The highest BCUT2D eigenvalue weighted by atomic mass is 35.5. The zero-order chi connectivity index (χ0) is 15.0. The van der Waals surface area contributed by atoms with Crippen LogP contribution in [0.25, 0.3) is 0 Å². The van der Waals surface area contributed by atoms with E-state index in [0.29, 0.717) is 10.0 Å². The molecule has 1 aliphatic rings. The van der Waals surface area contributed by atoms with Gasteiger partial charge in [-0.25, -0.2) is 0 Å². The van der Waals surface area contributed by atoms with Gasteiger partial charge in [0.05, 0.1) is 21.5 Å². The second-order valence-electron chi connectivity index (χ2n) is 3.83. The van der Waals surface area contributed by atoms with E-state index in [4.69, 9.17) is 11.6 Å². The van der Waals surface area contributed by atoms with Gasteiger partial charge in [-0.05, 0) is 13.5 Å².